The van der Waals surface area contributed by atoms with Gasteiger partial charge in [0.25, 0.3) is 5.56 Å². The molecule has 220 valence electrons. The Balaban J connectivity index is 1.49. The highest BCUT2D eigenvalue weighted by atomic mass is 79.9. The number of carbonyl (C=O) groups is 1. The van der Waals surface area contributed by atoms with E-state index in [9.17, 15) is 24.1 Å². The van der Waals surface area contributed by atoms with Gasteiger partial charge in [-0.15, -0.1) is 0 Å². The summed E-state index contributed by atoms with van der Waals surface area (Å²) in [5.74, 6) is -0.492. The largest absolute Gasteiger partial charge is 0.461 e. The van der Waals surface area contributed by atoms with E-state index in [4.69, 9.17) is 18.5 Å². The van der Waals surface area contributed by atoms with Crippen LogP contribution in [-0.2, 0) is 23.4 Å². The number of aromatic amines is 1. The second-order valence-corrected chi connectivity index (χ2v) is 12.6. The van der Waals surface area contributed by atoms with Crippen LogP contribution in [0.15, 0.2) is 50.6 Å². The first kappa shape index (κ1) is 30.6. The maximum Gasteiger partial charge on any atom is 0.459 e. The van der Waals surface area contributed by atoms with Gasteiger partial charge in [-0.25, -0.2) is 13.8 Å². The Kier molecular flexibility index (Phi) is 9.69. The van der Waals surface area contributed by atoms with Crippen molar-refractivity contribution in [3.05, 3.63) is 61.8 Å². The number of nitrogens with zero attached hydrogens (tertiary/aromatic N) is 1. The van der Waals surface area contributed by atoms with Crippen molar-refractivity contribution in [3.8, 4) is 5.75 Å². The maximum absolute atomic E-state index is 15.6. The SMILES string of the molecule is C[C@H](NP(=O)(OC[C@H]1O[C@@H](n2ccc(=O)[nH]c2=O)[C@](C)(F)[C@@H]1O)Oc1ccc(Br)cc1)C(=O)OC1CCCCC1. The molecule has 1 aromatic heterocycles. The van der Waals surface area contributed by atoms with Crippen molar-refractivity contribution in [1.29, 1.82) is 0 Å². The summed E-state index contributed by atoms with van der Waals surface area (Å²) in [6, 6.07) is 6.23. The van der Waals surface area contributed by atoms with Gasteiger partial charge in [-0.1, -0.05) is 22.4 Å². The van der Waals surface area contributed by atoms with Gasteiger partial charge in [0.15, 0.2) is 11.9 Å². The molecule has 12 nitrogen and oxygen atoms in total. The average molecular weight is 648 g/mol. The van der Waals surface area contributed by atoms with Gasteiger partial charge < -0.3 is 19.1 Å². The summed E-state index contributed by atoms with van der Waals surface area (Å²) in [5.41, 5.74) is -4.11. The first-order chi connectivity index (χ1) is 18.9. The molecule has 2 aliphatic rings. The van der Waals surface area contributed by atoms with Gasteiger partial charge in [0, 0.05) is 16.7 Å². The number of rotatable bonds is 10. The molecular formula is C25H32BrFN3O9P. The van der Waals surface area contributed by atoms with E-state index in [1.165, 1.54) is 19.1 Å². The molecule has 1 unspecified atom stereocenters. The number of carbonyl (C=O) groups excluding carboxylic acids is 1. The highest BCUT2D eigenvalue weighted by Gasteiger charge is 2.56. The lowest BCUT2D eigenvalue weighted by atomic mass is 9.98. The van der Waals surface area contributed by atoms with Crippen molar-refractivity contribution in [2.24, 2.45) is 0 Å². The van der Waals surface area contributed by atoms with E-state index in [-0.39, 0.29) is 11.9 Å². The van der Waals surface area contributed by atoms with Crippen LogP contribution in [0.3, 0.4) is 0 Å². The van der Waals surface area contributed by atoms with Crippen LogP contribution in [0.5, 0.6) is 5.75 Å². The fourth-order valence-corrected chi connectivity index (χ4v) is 6.36. The van der Waals surface area contributed by atoms with E-state index in [1.807, 2.05) is 4.98 Å². The molecule has 6 atom stereocenters. The number of nitrogens with one attached hydrogen (secondary N) is 2. The maximum atomic E-state index is 15.6. The molecule has 0 radical (unpaired) electrons. The molecule has 1 aliphatic carbocycles. The highest BCUT2D eigenvalue weighted by molar-refractivity contribution is 9.10. The summed E-state index contributed by atoms with van der Waals surface area (Å²) < 4.78 is 53.3. The zero-order chi connectivity index (χ0) is 29.1. The molecular weight excluding hydrogens is 616 g/mol. The molecule has 0 bridgehead atoms. The predicted octanol–water partition coefficient (Wildman–Crippen LogP) is 3.34. The van der Waals surface area contributed by atoms with Crippen molar-refractivity contribution in [1.82, 2.24) is 14.6 Å². The van der Waals surface area contributed by atoms with E-state index in [1.54, 1.807) is 12.1 Å². The van der Waals surface area contributed by atoms with Gasteiger partial charge in [0.05, 0.1) is 6.61 Å². The molecule has 1 aliphatic heterocycles. The lowest BCUT2D eigenvalue weighted by Crippen LogP contribution is -2.44. The number of aromatic nitrogens is 2. The summed E-state index contributed by atoms with van der Waals surface area (Å²) in [7, 11) is -4.34. The number of alkyl halides is 1. The van der Waals surface area contributed by atoms with Crippen molar-refractivity contribution in [2.75, 3.05) is 6.61 Å². The van der Waals surface area contributed by atoms with Gasteiger partial charge in [-0.3, -0.25) is 23.7 Å². The highest BCUT2D eigenvalue weighted by Crippen LogP contribution is 2.47. The number of hydrogen-bond donors (Lipinski definition) is 3. The van der Waals surface area contributed by atoms with E-state index in [2.05, 4.69) is 21.0 Å². The van der Waals surface area contributed by atoms with Gasteiger partial charge in [0.2, 0.25) is 0 Å². The molecule has 0 spiro atoms. The summed E-state index contributed by atoms with van der Waals surface area (Å²) in [6.07, 6.45) is 0.479. The molecule has 2 aromatic rings. The number of ether oxygens (including phenoxy) is 2. The van der Waals surface area contributed by atoms with Crippen LogP contribution in [0.25, 0.3) is 0 Å². The minimum Gasteiger partial charge on any atom is -0.461 e. The number of esters is 1. The van der Waals surface area contributed by atoms with Crippen LogP contribution >= 0.6 is 23.7 Å². The lowest BCUT2D eigenvalue weighted by Gasteiger charge is -2.27. The fourth-order valence-electron chi connectivity index (χ4n) is 4.60. The summed E-state index contributed by atoms with van der Waals surface area (Å²) in [5, 5.41) is 13.2. The van der Waals surface area contributed by atoms with Gasteiger partial charge in [0.1, 0.15) is 30.1 Å². The van der Waals surface area contributed by atoms with Gasteiger partial charge in [-0.05, 0) is 63.8 Å². The van der Waals surface area contributed by atoms with Crippen molar-refractivity contribution < 1.29 is 37.4 Å². The molecule has 1 saturated heterocycles. The third-order valence-corrected chi connectivity index (χ3v) is 8.98. The monoisotopic (exact) mass is 647 g/mol. The zero-order valence-electron chi connectivity index (χ0n) is 22.0. The minimum atomic E-state index is -4.34. The minimum absolute atomic E-state index is 0.146. The van der Waals surface area contributed by atoms with Crippen LogP contribution in [0.2, 0.25) is 0 Å². The molecule has 0 amide bonds. The average Bonchev–Trinajstić information content (AvgIpc) is 3.13. The number of H-pyrrole nitrogens is 1. The summed E-state index contributed by atoms with van der Waals surface area (Å²) in [4.78, 5) is 38.4. The molecule has 15 heteroatoms. The van der Waals surface area contributed by atoms with Crippen LogP contribution in [0.4, 0.5) is 4.39 Å². The Bertz CT molecular complexity index is 1350. The molecule has 4 rings (SSSR count). The Morgan fingerprint density at radius 2 is 1.95 bits per heavy atom. The standard InChI is InChI=1S/C25H32BrFN3O9P/c1-15(22(33)37-17-6-4-3-5-7-17)29-40(35,39-18-10-8-16(26)9-11-18)36-14-19-21(32)25(2,27)23(38-19)30-13-12-20(31)28-24(30)34/h8-13,15,17,19,21,23,32H,3-7,14H2,1-2H3,(H,29,35)(H,28,31,34)/t15-,19+,21+,23+,25+,40?/m0/s1. The predicted molar refractivity (Wildman–Crippen MR) is 145 cm³/mol. The Labute approximate surface area is 237 Å². The van der Waals surface area contributed by atoms with Crippen molar-refractivity contribution >= 4 is 29.6 Å². The number of benzene rings is 1. The first-order valence-corrected chi connectivity index (χ1v) is 15.2. The topological polar surface area (TPSA) is 158 Å². The van der Waals surface area contributed by atoms with Crippen LogP contribution in [-0.4, -0.2) is 57.3 Å². The van der Waals surface area contributed by atoms with Gasteiger partial charge in [-0.2, -0.15) is 5.09 Å². The first-order valence-electron chi connectivity index (χ1n) is 12.9. The zero-order valence-corrected chi connectivity index (χ0v) is 24.4. The van der Waals surface area contributed by atoms with Gasteiger partial charge >= 0.3 is 19.4 Å². The normalized spacial score (nSPS) is 27.6. The number of halogens is 2. The molecule has 2 heterocycles. The third-order valence-electron chi connectivity index (χ3n) is 6.81. The second-order valence-electron chi connectivity index (χ2n) is 10.0. The van der Waals surface area contributed by atoms with E-state index in [0.717, 1.165) is 60.3 Å². The summed E-state index contributed by atoms with van der Waals surface area (Å²) >= 11 is 3.30. The summed E-state index contributed by atoms with van der Waals surface area (Å²) in [6.45, 7) is 1.84. The third kappa shape index (κ3) is 7.29. The van der Waals surface area contributed by atoms with E-state index >= 15 is 4.39 Å². The Morgan fingerprint density at radius 1 is 1.27 bits per heavy atom. The van der Waals surface area contributed by atoms with E-state index < -0.39 is 61.7 Å². The lowest BCUT2D eigenvalue weighted by molar-refractivity contribution is -0.152. The van der Waals surface area contributed by atoms with Crippen LogP contribution in [0.1, 0.15) is 52.2 Å². The second kappa shape index (κ2) is 12.7. The number of aliphatic hydroxyl groups is 1. The van der Waals surface area contributed by atoms with Crippen molar-refractivity contribution in [3.63, 3.8) is 0 Å². The smallest absolute Gasteiger partial charge is 0.459 e. The molecule has 1 saturated carbocycles. The quantitative estimate of drug-likeness (QED) is 0.258. The Hall–Kier alpha value is -2.35. The van der Waals surface area contributed by atoms with Crippen LogP contribution < -0.4 is 20.9 Å². The molecule has 2 fully saturated rings. The molecule has 40 heavy (non-hydrogen) atoms. The fraction of sp³-hybridized carbons (Fsp3) is 0.560. The molecule has 3 N–H and O–H groups in total. The van der Waals surface area contributed by atoms with Crippen LogP contribution in [0, 0.1) is 0 Å². The van der Waals surface area contributed by atoms with Crippen molar-refractivity contribution in [2.45, 2.75) is 82.2 Å². The number of aliphatic hydroxyl groups excluding tert-OH is 1. The molecule has 1 aromatic carbocycles. The Morgan fingerprint density at radius 3 is 2.60 bits per heavy atom. The van der Waals surface area contributed by atoms with E-state index in [0.29, 0.717) is 0 Å². The number of hydrogen-bond acceptors (Lipinski definition) is 9.